The predicted molar refractivity (Wildman–Crippen MR) is 82.3 cm³/mol. The first-order valence-electron chi connectivity index (χ1n) is 7.19. The highest BCUT2D eigenvalue weighted by Gasteiger charge is 2.20. The van der Waals surface area contributed by atoms with Crippen molar-refractivity contribution in [1.82, 2.24) is 10.1 Å². The van der Waals surface area contributed by atoms with Crippen molar-refractivity contribution in [2.75, 3.05) is 19.0 Å². The molecule has 120 valence electrons. The fourth-order valence-corrected chi connectivity index (χ4v) is 2.47. The van der Waals surface area contributed by atoms with Crippen molar-refractivity contribution >= 4 is 17.5 Å². The maximum atomic E-state index is 12.6. The molecule has 0 bridgehead atoms. The van der Waals surface area contributed by atoms with E-state index in [0.717, 1.165) is 11.3 Å². The Morgan fingerprint density at radius 2 is 2.17 bits per heavy atom. The van der Waals surface area contributed by atoms with E-state index in [1.54, 1.807) is 30.1 Å². The van der Waals surface area contributed by atoms with Gasteiger partial charge in [0.1, 0.15) is 11.5 Å². The molecule has 0 unspecified atom stereocenters. The van der Waals surface area contributed by atoms with Crippen molar-refractivity contribution < 1.29 is 18.8 Å². The van der Waals surface area contributed by atoms with E-state index in [2.05, 4.69) is 10.5 Å². The molecule has 0 atom stereocenters. The number of hydrogen-bond acceptors (Lipinski definition) is 5. The van der Waals surface area contributed by atoms with E-state index in [9.17, 15) is 9.59 Å². The molecule has 1 aliphatic rings. The van der Waals surface area contributed by atoms with Gasteiger partial charge in [0, 0.05) is 18.2 Å². The quantitative estimate of drug-likeness (QED) is 0.935. The van der Waals surface area contributed by atoms with Crippen molar-refractivity contribution in [2.24, 2.45) is 0 Å². The molecule has 7 heteroatoms. The summed E-state index contributed by atoms with van der Waals surface area (Å²) in [5.41, 5.74) is 2.66. The Kier molecular flexibility index (Phi) is 3.77. The Hall–Kier alpha value is -2.83. The summed E-state index contributed by atoms with van der Waals surface area (Å²) in [6.07, 6.45) is 0. The number of amides is 2. The highest BCUT2D eigenvalue weighted by molar-refractivity contribution is 5.99. The largest absolute Gasteiger partial charge is 0.482 e. The summed E-state index contributed by atoms with van der Waals surface area (Å²) < 4.78 is 10.4. The lowest BCUT2D eigenvalue weighted by Gasteiger charge is -2.20. The Bertz CT molecular complexity index is 762. The number of aromatic nitrogens is 1. The van der Waals surface area contributed by atoms with Gasteiger partial charge in [0.05, 0.1) is 17.9 Å². The zero-order valence-corrected chi connectivity index (χ0v) is 13.2. The van der Waals surface area contributed by atoms with Crippen LogP contribution in [-0.2, 0) is 11.3 Å². The molecule has 2 aromatic rings. The van der Waals surface area contributed by atoms with Gasteiger partial charge >= 0.3 is 0 Å². The summed E-state index contributed by atoms with van der Waals surface area (Å²) in [7, 11) is 1.71. The molecule has 7 nitrogen and oxygen atoms in total. The van der Waals surface area contributed by atoms with E-state index in [-0.39, 0.29) is 18.4 Å². The van der Waals surface area contributed by atoms with E-state index < -0.39 is 0 Å². The van der Waals surface area contributed by atoms with Crippen LogP contribution < -0.4 is 10.1 Å². The molecule has 23 heavy (non-hydrogen) atoms. The number of ether oxygens (including phenoxy) is 1. The zero-order chi connectivity index (χ0) is 16.6. The Morgan fingerprint density at radius 3 is 2.87 bits per heavy atom. The third-order valence-corrected chi connectivity index (χ3v) is 3.78. The molecular formula is C16H17N3O4. The first kappa shape index (κ1) is 15.1. The van der Waals surface area contributed by atoms with Gasteiger partial charge < -0.3 is 19.5 Å². The van der Waals surface area contributed by atoms with E-state index in [1.165, 1.54) is 0 Å². The fourth-order valence-electron chi connectivity index (χ4n) is 2.47. The average Bonchev–Trinajstić information content (AvgIpc) is 2.85. The van der Waals surface area contributed by atoms with Crippen LogP contribution in [0.25, 0.3) is 0 Å². The number of benzene rings is 1. The Labute approximate surface area is 133 Å². The lowest BCUT2D eigenvalue weighted by Crippen LogP contribution is -2.28. The number of nitrogens with zero attached hydrogens (tertiary/aromatic N) is 2. The smallest absolute Gasteiger partial charge is 0.262 e. The van der Waals surface area contributed by atoms with E-state index >= 15 is 0 Å². The molecule has 0 spiro atoms. The Balaban J connectivity index is 1.80. The normalized spacial score (nSPS) is 13.1. The molecule has 1 aromatic heterocycles. The summed E-state index contributed by atoms with van der Waals surface area (Å²) in [4.78, 5) is 25.5. The van der Waals surface area contributed by atoms with E-state index in [1.807, 2.05) is 13.8 Å². The topological polar surface area (TPSA) is 84.7 Å². The minimum Gasteiger partial charge on any atom is -0.482 e. The minimum atomic E-state index is -0.230. The number of aryl methyl sites for hydroxylation is 2. The summed E-state index contributed by atoms with van der Waals surface area (Å²) in [5.74, 6) is 0.876. The molecule has 0 saturated carbocycles. The molecule has 3 rings (SSSR count). The van der Waals surface area contributed by atoms with Gasteiger partial charge in [-0.15, -0.1) is 0 Å². The van der Waals surface area contributed by atoms with Crippen LogP contribution in [0.2, 0.25) is 0 Å². The fraction of sp³-hybridized carbons (Fsp3) is 0.312. The van der Waals surface area contributed by atoms with Crippen molar-refractivity contribution in [3.05, 3.63) is 40.8 Å². The molecule has 0 fully saturated rings. The van der Waals surface area contributed by atoms with Gasteiger partial charge in [-0.2, -0.15) is 0 Å². The number of hydrogen-bond donors (Lipinski definition) is 1. The number of fused-ring (bicyclic) bond motifs is 1. The highest BCUT2D eigenvalue weighted by atomic mass is 16.5. The van der Waals surface area contributed by atoms with Crippen molar-refractivity contribution in [1.29, 1.82) is 0 Å². The number of carbonyl (C=O) groups is 2. The first-order chi connectivity index (χ1) is 11.0. The summed E-state index contributed by atoms with van der Waals surface area (Å²) in [5, 5.41) is 6.59. The van der Waals surface area contributed by atoms with Gasteiger partial charge in [0.25, 0.3) is 11.8 Å². The molecule has 2 heterocycles. The minimum absolute atomic E-state index is 0.00770. The van der Waals surface area contributed by atoms with Gasteiger partial charge in [-0.1, -0.05) is 5.16 Å². The van der Waals surface area contributed by atoms with Crippen LogP contribution in [0.4, 0.5) is 5.69 Å². The van der Waals surface area contributed by atoms with Crippen molar-refractivity contribution in [3.8, 4) is 5.75 Å². The standard InChI is InChI=1S/C16H17N3O4/c1-9-12(10(2)23-18-9)7-19(3)16(21)11-4-5-14-13(6-11)17-15(20)8-22-14/h4-6H,7-8H2,1-3H3,(H,17,20). The van der Waals surface area contributed by atoms with Gasteiger partial charge in [-0.3, -0.25) is 9.59 Å². The maximum Gasteiger partial charge on any atom is 0.262 e. The average molecular weight is 315 g/mol. The van der Waals surface area contributed by atoms with Crippen LogP contribution in [0.5, 0.6) is 5.75 Å². The van der Waals surface area contributed by atoms with Crippen LogP contribution in [-0.4, -0.2) is 35.5 Å². The molecule has 1 aromatic carbocycles. The summed E-state index contributed by atoms with van der Waals surface area (Å²) >= 11 is 0. The number of anilines is 1. The van der Waals surface area contributed by atoms with E-state index in [4.69, 9.17) is 9.26 Å². The summed E-state index contributed by atoms with van der Waals surface area (Å²) in [6.45, 7) is 4.06. The molecule has 0 aliphatic carbocycles. The lowest BCUT2D eigenvalue weighted by molar-refractivity contribution is -0.118. The monoisotopic (exact) mass is 315 g/mol. The van der Waals surface area contributed by atoms with Crippen LogP contribution >= 0.6 is 0 Å². The molecule has 0 radical (unpaired) electrons. The molecule has 1 aliphatic heterocycles. The third-order valence-electron chi connectivity index (χ3n) is 3.78. The highest BCUT2D eigenvalue weighted by Crippen LogP contribution is 2.29. The van der Waals surface area contributed by atoms with Crippen LogP contribution in [0.1, 0.15) is 27.4 Å². The zero-order valence-electron chi connectivity index (χ0n) is 13.2. The van der Waals surface area contributed by atoms with Gasteiger partial charge in [0.15, 0.2) is 6.61 Å². The third kappa shape index (κ3) is 2.90. The Morgan fingerprint density at radius 1 is 1.39 bits per heavy atom. The number of nitrogens with one attached hydrogen (secondary N) is 1. The SMILES string of the molecule is Cc1noc(C)c1CN(C)C(=O)c1ccc2c(c1)NC(=O)CO2. The van der Waals surface area contributed by atoms with E-state index in [0.29, 0.717) is 29.3 Å². The van der Waals surface area contributed by atoms with Gasteiger partial charge in [-0.25, -0.2) is 0 Å². The second-order valence-corrected chi connectivity index (χ2v) is 5.51. The van der Waals surface area contributed by atoms with Crippen molar-refractivity contribution in [2.45, 2.75) is 20.4 Å². The van der Waals surface area contributed by atoms with Crippen LogP contribution in [0.3, 0.4) is 0 Å². The van der Waals surface area contributed by atoms with Crippen LogP contribution in [0.15, 0.2) is 22.7 Å². The first-order valence-corrected chi connectivity index (χ1v) is 7.19. The van der Waals surface area contributed by atoms with Gasteiger partial charge in [-0.05, 0) is 32.0 Å². The molecule has 0 saturated heterocycles. The predicted octanol–water partition coefficient (Wildman–Crippen LogP) is 1.89. The molecule has 1 N–H and O–H groups in total. The molecular weight excluding hydrogens is 298 g/mol. The number of rotatable bonds is 3. The second-order valence-electron chi connectivity index (χ2n) is 5.51. The van der Waals surface area contributed by atoms with Crippen LogP contribution in [0, 0.1) is 13.8 Å². The van der Waals surface area contributed by atoms with Crippen molar-refractivity contribution in [3.63, 3.8) is 0 Å². The maximum absolute atomic E-state index is 12.6. The molecule has 2 amide bonds. The summed E-state index contributed by atoms with van der Waals surface area (Å²) in [6, 6.07) is 4.99. The van der Waals surface area contributed by atoms with Gasteiger partial charge in [0.2, 0.25) is 0 Å². The lowest BCUT2D eigenvalue weighted by atomic mass is 10.1. The second kappa shape index (κ2) is 5.75. The number of carbonyl (C=O) groups excluding carboxylic acids is 2.